The van der Waals surface area contributed by atoms with E-state index in [9.17, 15) is 14.9 Å². The Labute approximate surface area is 175 Å². The molecular weight excluding hydrogens is 394 g/mol. The summed E-state index contributed by atoms with van der Waals surface area (Å²) >= 11 is 1.96. The van der Waals surface area contributed by atoms with Gasteiger partial charge in [-0.15, -0.1) is 0 Å². The van der Waals surface area contributed by atoms with Crippen LogP contribution in [0.25, 0.3) is 0 Å². The fraction of sp³-hybridized carbons (Fsp3) is 0.650. The van der Waals surface area contributed by atoms with Gasteiger partial charge in [0.1, 0.15) is 5.56 Å². The van der Waals surface area contributed by atoms with E-state index in [4.69, 9.17) is 9.47 Å². The third-order valence-electron chi connectivity index (χ3n) is 5.82. The van der Waals surface area contributed by atoms with Gasteiger partial charge in [-0.25, -0.2) is 0 Å². The Bertz CT molecular complexity index is 746. The number of carbonyl (C=O) groups excluding carboxylic acids is 1. The molecule has 1 aromatic rings. The molecule has 0 spiro atoms. The van der Waals surface area contributed by atoms with Gasteiger partial charge in [-0.2, -0.15) is 11.8 Å². The molecule has 1 heterocycles. The minimum Gasteiger partial charge on any atom is -0.493 e. The molecule has 9 heteroatoms. The molecule has 8 nitrogen and oxygen atoms in total. The minimum absolute atomic E-state index is 0.00148. The Balaban J connectivity index is 1.81. The lowest BCUT2D eigenvalue weighted by Crippen LogP contribution is -2.56. The Kier molecular flexibility index (Phi) is 7.23. The van der Waals surface area contributed by atoms with Gasteiger partial charge >= 0.3 is 0 Å². The van der Waals surface area contributed by atoms with Crippen LogP contribution in [0.1, 0.15) is 43.0 Å². The van der Waals surface area contributed by atoms with Crippen LogP contribution in [0.5, 0.6) is 11.5 Å². The molecule has 1 N–H and O–H groups in total. The number of nitrogens with one attached hydrogen (secondary N) is 1. The van der Waals surface area contributed by atoms with Crippen LogP contribution in [-0.4, -0.2) is 66.1 Å². The van der Waals surface area contributed by atoms with Gasteiger partial charge in [0.25, 0.3) is 11.6 Å². The molecule has 1 amide bonds. The lowest BCUT2D eigenvalue weighted by Gasteiger charge is -2.43. The number of ether oxygens (including phenoxy) is 2. The monoisotopic (exact) mass is 423 g/mol. The van der Waals surface area contributed by atoms with Crippen LogP contribution in [0.2, 0.25) is 0 Å². The van der Waals surface area contributed by atoms with Crippen LogP contribution < -0.4 is 14.8 Å². The van der Waals surface area contributed by atoms with Crippen molar-refractivity contribution >= 4 is 23.4 Å². The zero-order chi connectivity index (χ0) is 20.9. The molecule has 0 aromatic heterocycles. The first-order valence-corrected chi connectivity index (χ1v) is 11.3. The average Bonchev–Trinajstić information content (AvgIpc) is 3.22. The first-order valence-electron chi connectivity index (χ1n) is 10.1. The van der Waals surface area contributed by atoms with Crippen LogP contribution in [0, 0.1) is 10.1 Å². The zero-order valence-electron chi connectivity index (χ0n) is 17.1. The Morgan fingerprint density at radius 3 is 2.55 bits per heavy atom. The number of methoxy groups -OCH3 is 1. The highest BCUT2D eigenvalue weighted by Crippen LogP contribution is 2.37. The van der Waals surface area contributed by atoms with E-state index in [0.29, 0.717) is 18.9 Å². The molecule has 0 radical (unpaired) electrons. The number of benzene rings is 1. The SMILES string of the molecule is CCOc1cc(C(=O)NCC2(N3CCSCC3)CCCC2)c([N+](=O)[O-])cc1OC. The maximum atomic E-state index is 13.0. The van der Waals surface area contributed by atoms with E-state index in [0.717, 1.165) is 50.3 Å². The summed E-state index contributed by atoms with van der Waals surface area (Å²) in [6.07, 6.45) is 4.40. The summed E-state index contributed by atoms with van der Waals surface area (Å²) in [6, 6.07) is 2.67. The second-order valence-electron chi connectivity index (χ2n) is 7.42. The average molecular weight is 424 g/mol. The van der Waals surface area contributed by atoms with Gasteiger partial charge < -0.3 is 14.8 Å². The molecule has 0 unspecified atom stereocenters. The summed E-state index contributed by atoms with van der Waals surface area (Å²) in [5.41, 5.74) is -0.320. The minimum atomic E-state index is -0.555. The number of hydrogen-bond acceptors (Lipinski definition) is 7. The summed E-state index contributed by atoms with van der Waals surface area (Å²) in [5, 5.41) is 14.5. The van der Waals surface area contributed by atoms with Gasteiger partial charge in [-0.1, -0.05) is 12.8 Å². The van der Waals surface area contributed by atoms with Crippen molar-refractivity contribution in [3.63, 3.8) is 0 Å². The second kappa shape index (κ2) is 9.67. The van der Waals surface area contributed by atoms with Gasteiger partial charge in [0.15, 0.2) is 11.5 Å². The standard InChI is InChI=1S/C20H29N3O5S/c1-3-28-18-12-15(16(23(25)26)13-17(18)27-2)19(24)21-14-20(6-4-5-7-20)22-8-10-29-11-9-22/h12-13H,3-11,14H2,1-2H3,(H,21,24). The van der Waals surface area contributed by atoms with Crippen molar-refractivity contribution in [1.29, 1.82) is 0 Å². The molecule has 29 heavy (non-hydrogen) atoms. The van der Waals surface area contributed by atoms with Crippen LogP contribution in [0.15, 0.2) is 12.1 Å². The lowest BCUT2D eigenvalue weighted by molar-refractivity contribution is -0.385. The van der Waals surface area contributed by atoms with Crippen molar-refractivity contribution in [2.24, 2.45) is 0 Å². The van der Waals surface area contributed by atoms with Crippen molar-refractivity contribution in [1.82, 2.24) is 10.2 Å². The molecule has 2 fully saturated rings. The number of nitro groups is 1. The van der Waals surface area contributed by atoms with Crippen molar-refractivity contribution in [2.45, 2.75) is 38.1 Å². The molecule has 1 aliphatic carbocycles. The first kappa shape index (κ1) is 21.7. The second-order valence-corrected chi connectivity index (χ2v) is 8.65. The van der Waals surface area contributed by atoms with Gasteiger partial charge in [-0.05, 0) is 19.8 Å². The molecule has 160 valence electrons. The number of nitrogens with zero attached hydrogens (tertiary/aromatic N) is 2. The zero-order valence-corrected chi connectivity index (χ0v) is 17.9. The summed E-state index contributed by atoms with van der Waals surface area (Å²) in [4.78, 5) is 26.5. The molecule has 1 saturated heterocycles. The lowest BCUT2D eigenvalue weighted by atomic mass is 9.94. The third kappa shape index (κ3) is 4.78. The normalized spacial score (nSPS) is 19.0. The van der Waals surface area contributed by atoms with E-state index in [1.165, 1.54) is 19.2 Å². The smallest absolute Gasteiger partial charge is 0.286 e. The van der Waals surface area contributed by atoms with E-state index in [1.54, 1.807) is 6.92 Å². The maximum absolute atomic E-state index is 13.0. The fourth-order valence-electron chi connectivity index (χ4n) is 4.33. The van der Waals surface area contributed by atoms with Crippen molar-refractivity contribution in [2.75, 3.05) is 44.9 Å². The van der Waals surface area contributed by atoms with Crippen molar-refractivity contribution in [3.05, 3.63) is 27.8 Å². The summed E-state index contributed by atoms with van der Waals surface area (Å²) in [6.45, 7) is 4.73. The topological polar surface area (TPSA) is 93.9 Å². The maximum Gasteiger partial charge on any atom is 0.286 e. The molecule has 1 aromatic carbocycles. The molecule has 1 aliphatic heterocycles. The number of amides is 1. The van der Waals surface area contributed by atoms with Crippen molar-refractivity contribution in [3.8, 4) is 11.5 Å². The Hall–Kier alpha value is -2.00. The Morgan fingerprint density at radius 1 is 1.28 bits per heavy atom. The fourth-order valence-corrected chi connectivity index (χ4v) is 5.23. The predicted octanol–water partition coefficient (Wildman–Crippen LogP) is 3.09. The highest BCUT2D eigenvalue weighted by atomic mass is 32.2. The van der Waals surface area contributed by atoms with Gasteiger partial charge in [0.05, 0.1) is 24.7 Å². The number of nitro benzene ring substituents is 1. The van der Waals surface area contributed by atoms with Gasteiger partial charge in [-0.3, -0.25) is 19.8 Å². The number of rotatable bonds is 8. The number of thioether (sulfide) groups is 1. The van der Waals surface area contributed by atoms with Crippen LogP contribution >= 0.6 is 11.8 Å². The molecule has 2 aliphatic rings. The van der Waals surface area contributed by atoms with E-state index in [1.807, 2.05) is 11.8 Å². The van der Waals surface area contributed by atoms with E-state index >= 15 is 0 Å². The highest BCUT2D eigenvalue weighted by molar-refractivity contribution is 7.99. The largest absolute Gasteiger partial charge is 0.493 e. The third-order valence-corrected chi connectivity index (χ3v) is 6.76. The molecule has 1 saturated carbocycles. The van der Waals surface area contributed by atoms with Gasteiger partial charge in [0.2, 0.25) is 0 Å². The first-order chi connectivity index (χ1) is 14.0. The van der Waals surface area contributed by atoms with Crippen LogP contribution in [0.3, 0.4) is 0 Å². The van der Waals surface area contributed by atoms with E-state index in [-0.39, 0.29) is 22.5 Å². The molecule has 3 rings (SSSR count). The van der Waals surface area contributed by atoms with Crippen LogP contribution in [0.4, 0.5) is 5.69 Å². The number of hydrogen-bond donors (Lipinski definition) is 1. The number of carbonyl (C=O) groups is 1. The summed E-state index contributed by atoms with van der Waals surface area (Å²) < 4.78 is 10.7. The molecular formula is C20H29N3O5S. The quantitative estimate of drug-likeness (QED) is 0.507. The molecule has 0 bridgehead atoms. The van der Waals surface area contributed by atoms with E-state index in [2.05, 4.69) is 10.2 Å². The summed E-state index contributed by atoms with van der Waals surface area (Å²) in [5.74, 6) is 2.34. The van der Waals surface area contributed by atoms with Crippen LogP contribution in [-0.2, 0) is 0 Å². The predicted molar refractivity (Wildman–Crippen MR) is 113 cm³/mol. The molecule has 0 atom stereocenters. The van der Waals surface area contributed by atoms with Crippen molar-refractivity contribution < 1.29 is 19.2 Å². The highest BCUT2D eigenvalue weighted by Gasteiger charge is 2.40. The van der Waals surface area contributed by atoms with Gasteiger partial charge in [0, 0.05) is 42.7 Å². The Morgan fingerprint density at radius 2 is 1.97 bits per heavy atom. The summed E-state index contributed by atoms with van der Waals surface area (Å²) in [7, 11) is 1.42. The van der Waals surface area contributed by atoms with E-state index < -0.39 is 10.8 Å².